The van der Waals surface area contributed by atoms with Gasteiger partial charge in [0.25, 0.3) is 0 Å². The highest BCUT2D eigenvalue weighted by Gasteiger charge is 2.59. The van der Waals surface area contributed by atoms with Gasteiger partial charge >= 0.3 is 7.75 Å². The normalized spacial score (nSPS) is 34.7. The average Bonchev–Trinajstić information content (AvgIpc) is 2.89. The summed E-state index contributed by atoms with van der Waals surface area (Å²) in [5.41, 5.74) is -2.29. The topological polar surface area (TPSA) is 119 Å². The lowest BCUT2D eigenvalue weighted by molar-refractivity contribution is -0.213. The van der Waals surface area contributed by atoms with Gasteiger partial charge < -0.3 is 29.3 Å². The molecule has 0 aliphatic carbocycles. The van der Waals surface area contributed by atoms with Crippen LogP contribution < -0.4 is 10.4 Å². The number of carbonyl (C=O) groups excluding carboxylic acids is 1. The third kappa shape index (κ3) is 5.78. The second-order valence-electron chi connectivity index (χ2n) is 8.16. The SMILES string of the molecule is C=C(/C=C\C)OP(=O)(NC(C)C)OC[C@H]1O[C@@H](N2C=CC(=O)NC2(C)OC)[C@](C)(F)[C@@H]1O. The number of nitrogens with zero attached hydrogens (tertiary/aromatic N) is 1. The molecule has 12 heteroatoms. The maximum atomic E-state index is 15.6. The standard InChI is InChI=1S/C20H33FN3O7P/c1-8-9-14(4)31-32(27,23-13(2)3)29-12-15-17(26)19(5,21)18(30-15)24-11-10-16(25)22-20(24,6)28-7/h8-11,13,15,17-18,26H,4,12H2,1-3,5-7H3,(H,22,25)(H,23,27)/b9-8-/t15-,17-,18-,19-,20?,32?/m1/s1. The van der Waals surface area contributed by atoms with E-state index >= 15 is 4.39 Å². The van der Waals surface area contributed by atoms with Crippen LogP contribution in [0.1, 0.15) is 34.6 Å². The summed E-state index contributed by atoms with van der Waals surface area (Å²) >= 11 is 0. The Bertz CT molecular complexity index is 819. The smallest absolute Gasteiger partial charge is 0.414 e. The minimum Gasteiger partial charge on any atom is -0.414 e. The number of ether oxygens (including phenoxy) is 2. The Morgan fingerprint density at radius 1 is 1.53 bits per heavy atom. The van der Waals surface area contributed by atoms with E-state index in [0.29, 0.717) is 0 Å². The average molecular weight is 477 g/mol. The molecule has 0 radical (unpaired) electrons. The molecule has 0 spiro atoms. The first-order valence-corrected chi connectivity index (χ1v) is 11.7. The van der Waals surface area contributed by atoms with E-state index in [1.165, 1.54) is 44.2 Å². The quantitative estimate of drug-likeness (QED) is 0.247. The van der Waals surface area contributed by atoms with Crippen LogP contribution in [0.4, 0.5) is 4.39 Å². The first-order valence-electron chi connectivity index (χ1n) is 10.2. The lowest BCUT2D eigenvalue weighted by Crippen LogP contribution is -2.66. The van der Waals surface area contributed by atoms with E-state index in [-0.39, 0.29) is 11.8 Å². The summed E-state index contributed by atoms with van der Waals surface area (Å²) in [4.78, 5) is 13.1. The van der Waals surface area contributed by atoms with Crippen molar-refractivity contribution in [3.63, 3.8) is 0 Å². The van der Waals surface area contributed by atoms with Crippen LogP contribution in [-0.2, 0) is 27.9 Å². The molecule has 2 aliphatic rings. The highest BCUT2D eigenvalue weighted by atomic mass is 31.2. The number of halogens is 1. The van der Waals surface area contributed by atoms with Gasteiger partial charge in [-0.2, -0.15) is 0 Å². The fraction of sp³-hybridized carbons (Fsp3) is 0.650. The minimum atomic E-state index is -3.90. The van der Waals surface area contributed by atoms with Gasteiger partial charge in [0.2, 0.25) is 11.8 Å². The van der Waals surface area contributed by atoms with E-state index < -0.39 is 50.2 Å². The van der Waals surface area contributed by atoms with Crippen molar-refractivity contribution in [1.29, 1.82) is 0 Å². The van der Waals surface area contributed by atoms with Crippen LogP contribution in [0.2, 0.25) is 0 Å². The number of carbonyl (C=O) groups is 1. The van der Waals surface area contributed by atoms with E-state index in [9.17, 15) is 14.5 Å². The van der Waals surface area contributed by atoms with Crippen LogP contribution in [0.3, 0.4) is 0 Å². The van der Waals surface area contributed by atoms with Crippen LogP contribution in [0.25, 0.3) is 0 Å². The van der Waals surface area contributed by atoms with E-state index in [2.05, 4.69) is 17.0 Å². The number of allylic oxidation sites excluding steroid dienone is 2. The van der Waals surface area contributed by atoms with Crippen molar-refractivity contribution in [2.24, 2.45) is 0 Å². The molecule has 1 saturated heterocycles. The number of aliphatic hydroxyl groups is 1. The number of alkyl halides is 1. The molecular formula is C20H33FN3O7P. The highest BCUT2D eigenvalue weighted by molar-refractivity contribution is 7.51. The molecule has 0 aromatic rings. The van der Waals surface area contributed by atoms with Crippen LogP contribution >= 0.6 is 7.75 Å². The largest absolute Gasteiger partial charge is 0.459 e. The zero-order valence-corrected chi connectivity index (χ0v) is 20.1. The molecule has 2 heterocycles. The van der Waals surface area contributed by atoms with Gasteiger partial charge in [0.15, 0.2) is 11.9 Å². The zero-order chi connectivity index (χ0) is 24.3. The number of nitrogens with one attached hydrogen (secondary N) is 2. The van der Waals surface area contributed by atoms with Crippen molar-refractivity contribution in [3.8, 4) is 0 Å². The Balaban J connectivity index is 2.21. The van der Waals surface area contributed by atoms with Gasteiger partial charge in [-0.1, -0.05) is 12.7 Å². The fourth-order valence-corrected chi connectivity index (χ4v) is 4.91. The van der Waals surface area contributed by atoms with E-state index in [0.717, 1.165) is 0 Å². The number of aliphatic hydroxyl groups excluding tert-OH is 1. The Labute approximate surface area is 188 Å². The number of rotatable bonds is 10. The third-order valence-corrected chi connectivity index (χ3v) is 6.81. The molecule has 1 amide bonds. The summed E-state index contributed by atoms with van der Waals surface area (Å²) in [6.07, 6.45) is 1.52. The molecular weight excluding hydrogens is 444 g/mol. The van der Waals surface area contributed by atoms with E-state index in [4.69, 9.17) is 18.5 Å². The Hall–Kier alpha value is -1.75. The monoisotopic (exact) mass is 477 g/mol. The molecule has 10 nitrogen and oxygen atoms in total. The second-order valence-corrected chi connectivity index (χ2v) is 9.85. The molecule has 0 bridgehead atoms. The fourth-order valence-electron chi connectivity index (χ4n) is 3.38. The molecule has 0 saturated carbocycles. The van der Waals surface area contributed by atoms with Crippen LogP contribution in [0, 0.1) is 0 Å². The van der Waals surface area contributed by atoms with Crippen molar-refractivity contribution >= 4 is 13.7 Å². The summed E-state index contributed by atoms with van der Waals surface area (Å²) in [5, 5.41) is 15.9. The molecule has 2 unspecified atom stereocenters. The van der Waals surface area contributed by atoms with Gasteiger partial charge in [0, 0.05) is 32.4 Å². The van der Waals surface area contributed by atoms with Gasteiger partial charge in [0.05, 0.1) is 6.61 Å². The van der Waals surface area contributed by atoms with Crippen molar-refractivity contribution in [2.45, 2.75) is 70.6 Å². The second kappa shape index (κ2) is 10.0. The highest BCUT2D eigenvalue weighted by Crippen LogP contribution is 2.48. The zero-order valence-electron chi connectivity index (χ0n) is 19.2. The van der Waals surface area contributed by atoms with Gasteiger partial charge in [-0.25, -0.2) is 14.0 Å². The molecule has 1 fully saturated rings. The molecule has 2 aliphatic heterocycles. The van der Waals surface area contributed by atoms with Crippen molar-refractivity contribution in [1.82, 2.24) is 15.3 Å². The number of methoxy groups -OCH3 is 1. The molecule has 182 valence electrons. The van der Waals surface area contributed by atoms with Gasteiger partial charge in [-0.15, -0.1) is 0 Å². The van der Waals surface area contributed by atoms with Gasteiger partial charge in [-0.05, 0) is 33.8 Å². The minimum absolute atomic E-state index is 0.107. The summed E-state index contributed by atoms with van der Waals surface area (Å²) in [5.74, 6) is -1.74. The molecule has 2 rings (SSSR count). The Morgan fingerprint density at radius 2 is 2.19 bits per heavy atom. The molecule has 0 aromatic heterocycles. The third-order valence-electron chi connectivity index (χ3n) is 5.02. The molecule has 6 atom stereocenters. The number of hydrogen-bond acceptors (Lipinski definition) is 8. The number of amides is 1. The lowest BCUT2D eigenvalue weighted by atomic mass is 9.97. The molecule has 3 N–H and O–H groups in total. The first-order chi connectivity index (χ1) is 14.8. The summed E-state index contributed by atoms with van der Waals surface area (Å²) in [7, 11) is -2.55. The molecule has 0 aromatic carbocycles. The predicted molar refractivity (Wildman–Crippen MR) is 116 cm³/mol. The molecule has 32 heavy (non-hydrogen) atoms. The van der Waals surface area contributed by atoms with Gasteiger partial charge in [-0.3, -0.25) is 9.32 Å². The van der Waals surface area contributed by atoms with Crippen LogP contribution in [-0.4, -0.2) is 65.6 Å². The van der Waals surface area contributed by atoms with Crippen molar-refractivity contribution < 1.29 is 37.4 Å². The Morgan fingerprint density at radius 3 is 2.75 bits per heavy atom. The maximum absolute atomic E-state index is 15.6. The van der Waals surface area contributed by atoms with Crippen LogP contribution in [0.15, 0.2) is 36.8 Å². The van der Waals surface area contributed by atoms with E-state index in [1.807, 2.05) is 0 Å². The van der Waals surface area contributed by atoms with E-state index in [1.54, 1.807) is 26.8 Å². The van der Waals surface area contributed by atoms with Crippen molar-refractivity contribution in [2.75, 3.05) is 13.7 Å². The van der Waals surface area contributed by atoms with Crippen LogP contribution in [0.5, 0.6) is 0 Å². The predicted octanol–water partition coefficient (Wildman–Crippen LogP) is 2.30. The Kier molecular flexibility index (Phi) is 8.30. The first kappa shape index (κ1) is 26.5. The maximum Gasteiger partial charge on any atom is 0.459 e. The number of hydrogen-bond donors (Lipinski definition) is 3. The van der Waals surface area contributed by atoms with Crippen molar-refractivity contribution in [3.05, 3.63) is 36.8 Å². The van der Waals surface area contributed by atoms with Gasteiger partial charge in [0.1, 0.15) is 18.0 Å². The summed E-state index contributed by atoms with van der Waals surface area (Å²) in [6, 6.07) is -0.266. The summed E-state index contributed by atoms with van der Waals surface area (Å²) < 4.78 is 50.7. The summed E-state index contributed by atoms with van der Waals surface area (Å²) in [6.45, 7) is 11.1. The lowest BCUT2D eigenvalue weighted by Gasteiger charge is -2.46.